The van der Waals surface area contributed by atoms with Gasteiger partial charge in [-0.1, -0.05) is 6.07 Å². The Labute approximate surface area is 101 Å². The van der Waals surface area contributed by atoms with Crippen LogP contribution < -0.4 is 15.8 Å². The van der Waals surface area contributed by atoms with Gasteiger partial charge < -0.3 is 10.6 Å². The predicted molar refractivity (Wildman–Crippen MR) is 67.4 cm³/mol. The lowest BCUT2D eigenvalue weighted by atomic mass is 10.1. The summed E-state index contributed by atoms with van der Waals surface area (Å²) in [6.07, 6.45) is 1.04. The van der Waals surface area contributed by atoms with Crippen LogP contribution in [-0.4, -0.2) is 27.5 Å². The topological polar surface area (TPSA) is 84.2 Å². The van der Waals surface area contributed by atoms with E-state index in [4.69, 9.17) is 5.14 Å². The maximum absolute atomic E-state index is 11.3. The normalized spacial score (nSPS) is 20.5. The average Bonchev–Trinajstić information content (AvgIpc) is 2.72. The molecule has 1 aromatic carbocycles. The maximum Gasteiger partial charge on any atom is 0.238 e. The van der Waals surface area contributed by atoms with E-state index < -0.39 is 10.0 Å². The van der Waals surface area contributed by atoms with Gasteiger partial charge in [-0.2, -0.15) is 0 Å². The lowest BCUT2D eigenvalue weighted by Crippen LogP contribution is -2.23. The zero-order chi connectivity index (χ0) is 12.5. The number of rotatable bonds is 3. The minimum Gasteiger partial charge on any atom is -0.381 e. The number of hydrogen-bond acceptors (Lipinski definition) is 4. The lowest BCUT2D eigenvalue weighted by molar-refractivity contribution is 0.598. The first-order valence-corrected chi connectivity index (χ1v) is 7.12. The van der Waals surface area contributed by atoms with E-state index in [0.717, 1.165) is 30.8 Å². The van der Waals surface area contributed by atoms with Gasteiger partial charge in [-0.3, -0.25) is 0 Å². The molecule has 1 aliphatic heterocycles. The van der Waals surface area contributed by atoms with Crippen LogP contribution in [-0.2, 0) is 10.0 Å². The number of benzene rings is 1. The molecule has 94 valence electrons. The van der Waals surface area contributed by atoms with Crippen molar-refractivity contribution >= 4 is 15.7 Å². The third kappa shape index (κ3) is 2.96. The fraction of sp³-hybridized carbons (Fsp3) is 0.455. The SMILES string of the molecule is Cc1ccc(S(N)(=O)=O)cc1NC1CCNC1. The van der Waals surface area contributed by atoms with E-state index in [1.165, 1.54) is 6.07 Å². The number of sulfonamides is 1. The van der Waals surface area contributed by atoms with E-state index in [1.54, 1.807) is 12.1 Å². The Bertz CT molecular complexity index is 507. The molecule has 1 aliphatic rings. The van der Waals surface area contributed by atoms with Crippen molar-refractivity contribution in [1.29, 1.82) is 0 Å². The van der Waals surface area contributed by atoms with Gasteiger partial charge in [0, 0.05) is 18.3 Å². The molecule has 0 spiro atoms. The Morgan fingerprint density at radius 1 is 1.47 bits per heavy atom. The summed E-state index contributed by atoms with van der Waals surface area (Å²) >= 11 is 0. The Kier molecular flexibility index (Phi) is 3.37. The van der Waals surface area contributed by atoms with Gasteiger partial charge in [0.2, 0.25) is 10.0 Å². The summed E-state index contributed by atoms with van der Waals surface area (Å²) < 4.78 is 22.5. The van der Waals surface area contributed by atoms with Gasteiger partial charge in [0.25, 0.3) is 0 Å². The van der Waals surface area contributed by atoms with E-state index >= 15 is 0 Å². The molecular weight excluding hydrogens is 238 g/mol. The summed E-state index contributed by atoms with van der Waals surface area (Å²) in [4.78, 5) is 0.150. The molecule has 1 atom stereocenters. The molecule has 0 saturated carbocycles. The van der Waals surface area contributed by atoms with Crippen molar-refractivity contribution in [1.82, 2.24) is 5.32 Å². The molecule has 0 aromatic heterocycles. The van der Waals surface area contributed by atoms with E-state index in [2.05, 4.69) is 10.6 Å². The minimum absolute atomic E-state index is 0.150. The second-order valence-corrected chi connectivity index (χ2v) is 5.92. The summed E-state index contributed by atoms with van der Waals surface area (Å²) in [6.45, 7) is 3.84. The largest absolute Gasteiger partial charge is 0.381 e. The van der Waals surface area contributed by atoms with Gasteiger partial charge in [0.15, 0.2) is 0 Å². The molecule has 1 heterocycles. The monoisotopic (exact) mass is 255 g/mol. The number of nitrogens with two attached hydrogens (primary N) is 1. The molecule has 5 nitrogen and oxygen atoms in total. The number of hydrogen-bond donors (Lipinski definition) is 3. The number of primary sulfonamides is 1. The van der Waals surface area contributed by atoms with Crippen molar-refractivity contribution in [3.63, 3.8) is 0 Å². The highest BCUT2D eigenvalue weighted by molar-refractivity contribution is 7.89. The van der Waals surface area contributed by atoms with Crippen LogP contribution in [0, 0.1) is 6.92 Å². The van der Waals surface area contributed by atoms with Gasteiger partial charge in [-0.05, 0) is 37.6 Å². The molecule has 0 aliphatic carbocycles. The average molecular weight is 255 g/mol. The molecule has 0 amide bonds. The third-order valence-corrected chi connectivity index (χ3v) is 3.87. The van der Waals surface area contributed by atoms with E-state index in [1.807, 2.05) is 6.92 Å². The smallest absolute Gasteiger partial charge is 0.238 e. The Balaban J connectivity index is 2.26. The fourth-order valence-corrected chi connectivity index (χ4v) is 2.47. The third-order valence-electron chi connectivity index (χ3n) is 2.96. The van der Waals surface area contributed by atoms with Crippen molar-refractivity contribution in [2.45, 2.75) is 24.3 Å². The highest BCUT2D eigenvalue weighted by Gasteiger charge is 2.16. The summed E-state index contributed by atoms with van der Waals surface area (Å²) in [5, 5.41) is 11.7. The predicted octanol–water partition coefficient (Wildman–Crippen LogP) is 0.416. The van der Waals surface area contributed by atoms with Crippen LogP contribution in [0.2, 0.25) is 0 Å². The molecule has 17 heavy (non-hydrogen) atoms. The van der Waals surface area contributed by atoms with Crippen LogP contribution in [0.1, 0.15) is 12.0 Å². The molecule has 1 aromatic rings. The molecule has 1 unspecified atom stereocenters. The highest BCUT2D eigenvalue weighted by Crippen LogP contribution is 2.21. The van der Waals surface area contributed by atoms with Gasteiger partial charge in [-0.25, -0.2) is 13.6 Å². The Morgan fingerprint density at radius 2 is 2.24 bits per heavy atom. The molecule has 1 saturated heterocycles. The summed E-state index contributed by atoms with van der Waals surface area (Å²) in [5.41, 5.74) is 1.86. The fourth-order valence-electron chi connectivity index (χ4n) is 1.93. The van der Waals surface area contributed by atoms with E-state index in [-0.39, 0.29) is 4.90 Å². The maximum atomic E-state index is 11.3. The molecule has 0 bridgehead atoms. The van der Waals surface area contributed by atoms with Gasteiger partial charge in [-0.15, -0.1) is 0 Å². The van der Waals surface area contributed by atoms with E-state index in [9.17, 15) is 8.42 Å². The van der Waals surface area contributed by atoms with Gasteiger partial charge in [0.1, 0.15) is 0 Å². The minimum atomic E-state index is -3.63. The van der Waals surface area contributed by atoms with Crippen molar-refractivity contribution in [3.8, 4) is 0 Å². The molecule has 0 radical (unpaired) electrons. The Hall–Kier alpha value is -1.11. The number of anilines is 1. The first-order chi connectivity index (χ1) is 7.97. The van der Waals surface area contributed by atoms with Crippen molar-refractivity contribution in [2.24, 2.45) is 5.14 Å². The van der Waals surface area contributed by atoms with Crippen LogP contribution >= 0.6 is 0 Å². The zero-order valence-corrected chi connectivity index (χ0v) is 10.5. The lowest BCUT2D eigenvalue weighted by Gasteiger charge is -2.15. The van der Waals surface area contributed by atoms with Crippen molar-refractivity contribution < 1.29 is 8.42 Å². The molecule has 6 heteroatoms. The van der Waals surface area contributed by atoms with Crippen LogP contribution in [0.4, 0.5) is 5.69 Å². The van der Waals surface area contributed by atoms with Gasteiger partial charge >= 0.3 is 0 Å². The second-order valence-electron chi connectivity index (χ2n) is 4.36. The van der Waals surface area contributed by atoms with Crippen LogP contribution in [0.25, 0.3) is 0 Å². The zero-order valence-electron chi connectivity index (χ0n) is 9.73. The van der Waals surface area contributed by atoms with E-state index in [0.29, 0.717) is 6.04 Å². The van der Waals surface area contributed by atoms with Gasteiger partial charge in [0.05, 0.1) is 4.90 Å². The van der Waals surface area contributed by atoms with Crippen molar-refractivity contribution in [2.75, 3.05) is 18.4 Å². The molecule has 4 N–H and O–H groups in total. The Morgan fingerprint density at radius 3 is 2.82 bits per heavy atom. The molecule has 2 rings (SSSR count). The molecule has 1 fully saturated rings. The standard InChI is InChI=1S/C11H17N3O2S/c1-8-2-3-10(17(12,15)16)6-11(8)14-9-4-5-13-7-9/h2-3,6,9,13-14H,4-5,7H2,1H3,(H2,12,15,16). The summed E-state index contributed by atoms with van der Waals surface area (Å²) in [5.74, 6) is 0. The van der Waals surface area contributed by atoms with Crippen molar-refractivity contribution in [3.05, 3.63) is 23.8 Å². The van der Waals surface area contributed by atoms with Crippen LogP contribution in [0.5, 0.6) is 0 Å². The quantitative estimate of drug-likeness (QED) is 0.730. The first-order valence-electron chi connectivity index (χ1n) is 5.57. The number of aryl methyl sites for hydroxylation is 1. The summed E-state index contributed by atoms with van der Waals surface area (Å²) in [6, 6.07) is 5.25. The van der Waals surface area contributed by atoms with Crippen LogP contribution in [0.15, 0.2) is 23.1 Å². The summed E-state index contributed by atoms with van der Waals surface area (Å²) in [7, 11) is -3.63. The first kappa shape index (κ1) is 12.3. The highest BCUT2D eigenvalue weighted by atomic mass is 32.2. The second kappa shape index (κ2) is 4.64. The number of nitrogens with one attached hydrogen (secondary N) is 2. The van der Waals surface area contributed by atoms with Crippen LogP contribution in [0.3, 0.4) is 0 Å². The molecular formula is C11H17N3O2S.